The predicted octanol–water partition coefficient (Wildman–Crippen LogP) is 6.62. The van der Waals surface area contributed by atoms with Gasteiger partial charge in [0.2, 0.25) is 5.67 Å². The van der Waals surface area contributed by atoms with Crippen LogP contribution in [-0.2, 0) is 18.3 Å². The molecule has 38 heavy (non-hydrogen) atoms. The molecule has 3 aromatic carbocycles. The standard InChI is InChI=1S/C24H21N5OS.C4H7FO2/c1-29-15-24(25-16-29)31-28-18-9-12-21-22(14-18)27-23(26-21)13-17-7-10-20(11-8-17)30-19-5-3-2-4-6-19;1-4(2,5)3(6)7/h2-12,14-16,28H,13H2,1H3,(H,26,27);1-2H3,(H,6,7). The number of nitrogens with one attached hydrogen (secondary N) is 2. The quantitative estimate of drug-likeness (QED) is 0.193. The first kappa shape index (κ1) is 26.7. The van der Waals surface area contributed by atoms with Crippen LogP contribution in [0.2, 0.25) is 0 Å². The molecule has 0 radical (unpaired) electrons. The molecule has 0 aliphatic rings. The number of nitrogens with zero attached hydrogens (tertiary/aromatic N) is 3. The lowest BCUT2D eigenvalue weighted by Crippen LogP contribution is -2.24. The molecule has 0 aliphatic carbocycles. The van der Waals surface area contributed by atoms with Crippen LogP contribution in [-0.4, -0.2) is 36.3 Å². The van der Waals surface area contributed by atoms with E-state index in [4.69, 9.17) is 14.8 Å². The number of aromatic amines is 1. The van der Waals surface area contributed by atoms with Crippen molar-refractivity contribution in [2.24, 2.45) is 7.05 Å². The summed E-state index contributed by atoms with van der Waals surface area (Å²) in [7, 11) is 1.96. The van der Waals surface area contributed by atoms with Gasteiger partial charge in [-0.15, -0.1) is 0 Å². The summed E-state index contributed by atoms with van der Waals surface area (Å²) in [5.74, 6) is 1.16. The van der Waals surface area contributed by atoms with Gasteiger partial charge in [-0.2, -0.15) is 0 Å². The van der Waals surface area contributed by atoms with Crippen LogP contribution in [0.15, 0.2) is 90.3 Å². The van der Waals surface area contributed by atoms with Crippen molar-refractivity contribution in [1.82, 2.24) is 19.5 Å². The highest BCUT2D eigenvalue weighted by Gasteiger charge is 2.24. The number of benzene rings is 3. The lowest BCUT2D eigenvalue weighted by molar-refractivity contribution is -0.148. The Labute approximate surface area is 224 Å². The number of anilines is 1. The summed E-state index contributed by atoms with van der Waals surface area (Å²) in [4.78, 5) is 22.1. The molecule has 0 bridgehead atoms. The molecule has 2 heterocycles. The van der Waals surface area contributed by atoms with Crippen molar-refractivity contribution in [1.29, 1.82) is 0 Å². The molecule has 5 rings (SSSR count). The molecule has 196 valence electrons. The zero-order valence-electron chi connectivity index (χ0n) is 21.2. The van der Waals surface area contributed by atoms with Crippen molar-refractivity contribution in [2.45, 2.75) is 31.0 Å². The van der Waals surface area contributed by atoms with Gasteiger partial charge in [0, 0.05) is 37.3 Å². The molecule has 0 unspecified atom stereocenters. The number of aromatic nitrogens is 4. The second kappa shape index (κ2) is 11.8. The van der Waals surface area contributed by atoms with E-state index in [9.17, 15) is 9.18 Å². The van der Waals surface area contributed by atoms with Gasteiger partial charge in [0.05, 0.1) is 17.4 Å². The number of imidazole rings is 2. The molecule has 0 fully saturated rings. The highest BCUT2D eigenvalue weighted by atomic mass is 32.2. The number of carbonyl (C=O) groups is 1. The third-order valence-corrected chi connectivity index (χ3v) is 6.03. The molecule has 0 saturated heterocycles. The lowest BCUT2D eigenvalue weighted by Gasteiger charge is -2.06. The maximum atomic E-state index is 11.9. The number of hydrogen-bond acceptors (Lipinski definition) is 6. The topological polar surface area (TPSA) is 105 Å². The molecule has 0 aliphatic heterocycles. The third kappa shape index (κ3) is 7.59. The van der Waals surface area contributed by atoms with E-state index in [0.29, 0.717) is 0 Å². The van der Waals surface area contributed by atoms with Crippen molar-refractivity contribution in [3.63, 3.8) is 0 Å². The Morgan fingerprint density at radius 3 is 2.42 bits per heavy atom. The SMILES string of the molecule is CC(C)(F)C(=O)O.Cn1cnc(SNc2ccc3nc(Cc4ccc(Oc5ccccc5)cc4)[nH]c3c2)c1. The number of H-pyrrole nitrogens is 1. The molecule has 0 spiro atoms. The lowest BCUT2D eigenvalue weighted by atomic mass is 10.1. The average molecular weight is 534 g/mol. The zero-order valence-corrected chi connectivity index (χ0v) is 22.0. The molecule has 0 saturated carbocycles. The first-order valence-electron chi connectivity index (χ1n) is 11.8. The van der Waals surface area contributed by atoms with Crippen LogP contribution in [0, 0.1) is 0 Å². The van der Waals surface area contributed by atoms with Crippen LogP contribution in [0.4, 0.5) is 10.1 Å². The number of aryl methyl sites for hydroxylation is 1. The summed E-state index contributed by atoms with van der Waals surface area (Å²) in [5, 5.41) is 8.80. The van der Waals surface area contributed by atoms with E-state index in [-0.39, 0.29) is 0 Å². The highest BCUT2D eigenvalue weighted by Crippen LogP contribution is 2.25. The Kier molecular flexibility index (Phi) is 8.32. The van der Waals surface area contributed by atoms with E-state index in [2.05, 4.69) is 32.9 Å². The Morgan fingerprint density at radius 1 is 1.11 bits per heavy atom. The van der Waals surface area contributed by atoms with Crippen LogP contribution < -0.4 is 9.46 Å². The van der Waals surface area contributed by atoms with E-state index in [1.54, 1.807) is 6.33 Å². The summed E-state index contributed by atoms with van der Waals surface area (Å²) < 4.78 is 23.0. The normalized spacial score (nSPS) is 11.1. The van der Waals surface area contributed by atoms with Gasteiger partial charge in [-0.05, 0) is 61.9 Å². The number of para-hydroxylation sites is 1. The molecule has 2 aromatic heterocycles. The maximum Gasteiger partial charge on any atom is 0.340 e. The molecular weight excluding hydrogens is 505 g/mol. The molecule has 3 N–H and O–H groups in total. The highest BCUT2D eigenvalue weighted by molar-refractivity contribution is 8.00. The van der Waals surface area contributed by atoms with E-state index in [1.807, 2.05) is 72.4 Å². The maximum absolute atomic E-state index is 11.9. The minimum absolute atomic E-state index is 0.728. The fraction of sp³-hybridized carbons (Fsp3) is 0.179. The zero-order chi connectivity index (χ0) is 27.1. The smallest absolute Gasteiger partial charge is 0.340 e. The number of hydrogen-bond donors (Lipinski definition) is 3. The number of carboxylic acid groups (broad SMARTS) is 1. The summed E-state index contributed by atoms with van der Waals surface area (Å²) in [6, 6.07) is 24.0. The molecule has 8 nitrogen and oxygen atoms in total. The monoisotopic (exact) mass is 533 g/mol. The summed E-state index contributed by atoms with van der Waals surface area (Å²) in [6.07, 6.45) is 4.49. The van der Waals surface area contributed by atoms with Crippen molar-refractivity contribution in [3.8, 4) is 11.5 Å². The summed E-state index contributed by atoms with van der Waals surface area (Å²) in [6.45, 7) is 1.99. The number of halogens is 1. The Balaban J connectivity index is 0.000000426. The second-order valence-electron chi connectivity index (χ2n) is 9.01. The third-order valence-electron chi connectivity index (χ3n) is 5.27. The number of aliphatic carboxylic acids is 1. The average Bonchev–Trinajstić information content (AvgIpc) is 3.49. The Morgan fingerprint density at radius 2 is 1.79 bits per heavy atom. The Hall–Kier alpha value is -4.31. The van der Waals surface area contributed by atoms with Gasteiger partial charge in [0.15, 0.2) is 0 Å². The summed E-state index contributed by atoms with van der Waals surface area (Å²) >= 11 is 1.49. The van der Waals surface area contributed by atoms with Crippen molar-refractivity contribution in [2.75, 3.05) is 4.72 Å². The van der Waals surface area contributed by atoms with Gasteiger partial charge in [0.1, 0.15) is 22.3 Å². The second-order valence-corrected chi connectivity index (χ2v) is 9.84. The molecule has 0 atom stereocenters. The first-order valence-corrected chi connectivity index (χ1v) is 12.6. The van der Waals surface area contributed by atoms with Crippen molar-refractivity contribution in [3.05, 3.63) is 96.7 Å². The van der Waals surface area contributed by atoms with Gasteiger partial charge in [0.25, 0.3) is 0 Å². The molecular formula is C28H28FN5O3S. The molecule has 5 aromatic rings. The molecule has 10 heteroatoms. The molecule has 0 amide bonds. The van der Waals surface area contributed by atoms with Gasteiger partial charge in [-0.25, -0.2) is 19.2 Å². The van der Waals surface area contributed by atoms with E-state index >= 15 is 0 Å². The number of fused-ring (bicyclic) bond motifs is 1. The van der Waals surface area contributed by atoms with Crippen LogP contribution >= 0.6 is 11.9 Å². The first-order chi connectivity index (χ1) is 18.2. The number of rotatable bonds is 8. The number of ether oxygens (including phenoxy) is 1. The van der Waals surface area contributed by atoms with Gasteiger partial charge >= 0.3 is 5.97 Å². The van der Waals surface area contributed by atoms with Crippen LogP contribution in [0.25, 0.3) is 11.0 Å². The van der Waals surface area contributed by atoms with Gasteiger partial charge in [-0.1, -0.05) is 30.3 Å². The minimum atomic E-state index is -2.08. The van der Waals surface area contributed by atoms with Crippen LogP contribution in [0.5, 0.6) is 11.5 Å². The number of alkyl halides is 1. The largest absolute Gasteiger partial charge is 0.479 e. The predicted molar refractivity (Wildman–Crippen MR) is 147 cm³/mol. The van der Waals surface area contributed by atoms with Gasteiger partial charge in [-0.3, -0.25) is 0 Å². The Bertz CT molecular complexity index is 1490. The van der Waals surface area contributed by atoms with Crippen molar-refractivity contribution < 1.29 is 19.0 Å². The number of carboxylic acids is 1. The van der Waals surface area contributed by atoms with Crippen LogP contribution in [0.1, 0.15) is 25.2 Å². The van der Waals surface area contributed by atoms with Crippen molar-refractivity contribution >= 4 is 34.6 Å². The van der Waals surface area contributed by atoms with Gasteiger partial charge < -0.3 is 24.1 Å². The summed E-state index contributed by atoms with van der Waals surface area (Å²) in [5.41, 5.74) is 2.04. The fourth-order valence-electron chi connectivity index (χ4n) is 3.26. The minimum Gasteiger partial charge on any atom is -0.479 e. The fourth-order valence-corrected chi connectivity index (χ4v) is 3.92. The van der Waals surface area contributed by atoms with E-state index < -0.39 is 11.6 Å². The van der Waals surface area contributed by atoms with Crippen LogP contribution in [0.3, 0.4) is 0 Å². The van der Waals surface area contributed by atoms with E-state index in [1.165, 1.54) is 17.5 Å². The van der Waals surface area contributed by atoms with E-state index in [0.717, 1.165) is 59.3 Å².